The van der Waals surface area contributed by atoms with Gasteiger partial charge in [0.25, 0.3) is 0 Å². The molecule has 0 radical (unpaired) electrons. The van der Waals surface area contributed by atoms with Crippen LogP contribution in [0.3, 0.4) is 0 Å². The third-order valence-electron chi connectivity index (χ3n) is 7.79. The fourth-order valence-corrected chi connectivity index (χ4v) is 6.20. The highest BCUT2D eigenvalue weighted by Crippen LogP contribution is 2.50. The zero-order valence-corrected chi connectivity index (χ0v) is 19.3. The smallest absolute Gasteiger partial charge is 0.337 e. The predicted octanol–water partition coefficient (Wildman–Crippen LogP) is 4.12. The maximum absolute atomic E-state index is 14.1. The Labute approximate surface area is 193 Å². The highest BCUT2D eigenvalue weighted by molar-refractivity contribution is 6.18. The Balaban J connectivity index is 1.52. The van der Waals surface area contributed by atoms with Crippen molar-refractivity contribution in [2.45, 2.75) is 37.8 Å². The normalized spacial score (nSPS) is 29.0. The van der Waals surface area contributed by atoms with Crippen LogP contribution in [-0.2, 0) is 14.3 Å². The lowest BCUT2D eigenvalue weighted by atomic mass is 9.71. The highest BCUT2D eigenvalue weighted by atomic mass is 16.5. The van der Waals surface area contributed by atoms with Crippen LogP contribution in [0.4, 0.5) is 5.69 Å². The first-order valence-corrected chi connectivity index (χ1v) is 11.6. The van der Waals surface area contributed by atoms with Crippen LogP contribution in [0.2, 0.25) is 0 Å². The molecule has 7 nitrogen and oxygen atoms in total. The number of piperidine rings is 1. The first-order valence-electron chi connectivity index (χ1n) is 11.6. The number of hydrogen-bond donors (Lipinski definition) is 1. The third-order valence-corrected chi connectivity index (χ3v) is 7.79. The summed E-state index contributed by atoms with van der Waals surface area (Å²) >= 11 is 0. The number of Topliss-reactive ketones (excluding diaryl/α,β-unsaturated/α-hetero) is 1. The van der Waals surface area contributed by atoms with Crippen LogP contribution in [0.1, 0.15) is 36.5 Å². The van der Waals surface area contributed by atoms with Crippen molar-refractivity contribution < 1.29 is 23.5 Å². The lowest BCUT2D eigenvalue weighted by molar-refractivity contribution is -0.137. The van der Waals surface area contributed by atoms with E-state index >= 15 is 0 Å². The molecular formula is C26H30N2O5. The molecule has 3 aliphatic heterocycles. The van der Waals surface area contributed by atoms with Crippen molar-refractivity contribution in [3.8, 4) is 11.1 Å². The molecule has 1 aromatic carbocycles. The fourth-order valence-electron chi connectivity index (χ4n) is 6.20. The van der Waals surface area contributed by atoms with E-state index in [-0.39, 0.29) is 29.6 Å². The molecule has 4 atom stereocenters. The molecule has 0 bridgehead atoms. The van der Waals surface area contributed by atoms with Gasteiger partial charge in [-0.1, -0.05) is 25.5 Å². The lowest BCUT2D eigenvalue weighted by Crippen LogP contribution is -2.57. The zero-order chi connectivity index (χ0) is 23.2. The van der Waals surface area contributed by atoms with Crippen molar-refractivity contribution in [3.05, 3.63) is 54.2 Å². The van der Waals surface area contributed by atoms with E-state index in [1.165, 1.54) is 13.4 Å². The molecule has 0 saturated carbocycles. The summed E-state index contributed by atoms with van der Waals surface area (Å²) in [7, 11) is 2.95. The lowest BCUT2D eigenvalue weighted by Gasteiger charge is -2.45. The van der Waals surface area contributed by atoms with Gasteiger partial charge in [0.15, 0.2) is 5.78 Å². The van der Waals surface area contributed by atoms with Crippen molar-refractivity contribution >= 4 is 17.4 Å². The molecule has 3 aliphatic rings. The van der Waals surface area contributed by atoms with Gasteiger partial charge in [-0.15, -0.1) is 0 Å². The second-order valence-corrected chi connectivity index (χ2v) is 9.24. The molecular weight excluding hydrogens is 420 g/mol. The van der Waals surface area contributed by atoms with Crippen LogP contribution in [0.15, 0.2) is 53.0 Å². The molecule has 4 heterocycles. The summed E-state index contributed by atoms with van der Waals surface area (Å²) in [4.78, 5) is 29.1. The van der Waals surface area contributed by atoms with Gasteiger partial charge in [-0.3, -0.25) is 9.69 Å². The van der Waals surface area contributed by atoms with Gasteiger partial charge < -0.3 is 19.2 Å². The van der Waals surface area contributed by atoms with Gasteiger partial charge in [-0.05, 0) is 42.4 Å². The van der Waals surface area contributed by atoms with E-state index in [2.05, 4.69) is 17.1 Å². The SMILES string of the molecule is CC[C@@H]1CN2CC[C@]3(Nc4cccc(-c5ccoc5)c4C3=O)C2C[C@@H]1/C(=C/OC)C(=O)OC. The quantitative estimate of drug-likeness (QED) is 0.417. The van der Waals surface area contributed by atoms with E-state index in [9.17, 15) is 9.59 Å². The summed E-state index contributed by atoms with van der Waals surface area (Å²) in [6.07, 6.45) is 7.19. The zero-order valence-electron chi connectivity index (χ0n) is 19.3. The number of carbonyl (C=O) groups excluding carboxylic acids is 2. The molecule has 2 aromatic rings. The van der Waals surface area contributed by atoms with E-state index in [0.717, 1.165) is 48.3 Å². The Hall–Kier alpha value is -3.06. The number of esters is 1. The third kappa shape index (κ3) is 3.29. The molecule has 33 heavy (non-hydrogen) atoms. The Morgan fingerprint density at radius 3 is 2.88 bits per heavy atom. The summed E-state index contributed by atoms with van der Waals surface area (Å²) in [5, 5.41) is 3.64. The van der Waals surface area contributed by atoms with E-state index in [1.807, 2.05) is 24.3 Å². The van der Waals surface area contributed by atoms with Gasteiger partial charge in [0.2, 0.25) is 0 Å². The van der Waals surface area contributed by atoms with Gasteiger partial charge >= 0.3 is 5.97 Å². The van der Waals surface area contributed by atoms with E-state index in [1.54, 1.807) is 19.6 Å². The number of fused-ring (bicyclic) bond motifs is 3. The Morgan fingerprint density at radius 2 is 2.18 bits per heavy atom. The number of rotatable bonds is 5. The van der Waals surface area contributed by atoms with Gasteiger partial charge in [0.05, 0.1) is 44.1 Å². The number of anilines is 1. The molecule has 1 spiro atoms. The molecule has 0 amide bonds. The average Bonchev–Trinajstić information content (AvgIpc) is 3.56. The van der Waals surface area contributed by atoms with E-state index < -0.39 is 5.54 Å². The van der Waals surface area contributed by atoms with Crippen molar-refractivity contribution in [1.29, 1.82) is 0 Å². The standard InChI is InChI=1S/C26H30N2O5/c1-4-16-13-28-10-9-26(22(28)12-19(16)20(15-31-2)25(30)32-3)24(29)23-18(17-8-11-33-14-17)6-5-7-21(23)27-26/h5-8,11,14-16,19,22,27H,4,9-10,12-13H2,1-3H3/b20-15-/t16-,19+,22?,26+/m1/s1. The monoisotopic (exact) mass is 450 g/mol. The predicted molar refractivity (Wildman–Crippen MR) is 124 cm³/mol. The van der Waals surface area contributed by atoms with Gasteiger partial charge in [-0.2, -0.15) is 0 Å². The minimum Gasteiger partial charge on any atom is -0.504 e. The molecule has 174 valence electrons. The minimum atomic E-state index is -0.701. The highest BCUT2D eigenvalue weighted by Gasteiger charge is 2.59. The molecule has 2 fully saturated rings. The maximum Gasteiger partial charge on any atom is 0.337 e. The van der Waals surface area contributed by atoms with Gasteiger partial charge in [-0.25, -0.2) is 4.79 Å². The first kappa shape index (κ1) is 21.8. The summed E-state index contributed by atoms with van der Waals surface area (Å²) in [6, 6.07) is 7.79. The molecule has 2 saturated heterocycles. The van der Waals surface area contributed by atoms with Crippen LogP contribution in [0, 0.1) is 11.8 Å². The molecule has 7 heteroatoms. The molecule has 1 unspecified atom stereocenters. The van der Waals surface area contributed by atoms with E-state index in [0.29, 0.717) is 12.0 Å². The van der Waals surface area contributed by atoms with Crippen LogP contribution in [0.5, 0.6) is 0 Å². The van der Waals surface area contributed by atoms with Crippen LogP contribution < -0.4 is 5.32 Å². The molecule has 1 N–H and O–H groups in total. The number of ether oxygens (including phenoxy) is 2. The molecule has 0 aliphatic carbocycles. The Bertz CT molecular complexity index is 1090. The van der Waals surface area contributed by atoms with Gasteiger partial charge in [0, 0.05) is 30.4 Å². The number of hydrogen-bond acceptors (Lipinski definition) is 7. The summed E-state index contributed by atoms with van der Waals surface area (Å²) in [6.45, 7) is 3.84. The first-order chi connectivity index (χ1) is 16.0. The van der Waals surface area contributed by atoms with Gasteiger partial charge in [0.1, 0.15) is 5.54 Å². The maximum atomic E-state index is 14.1. The van der Waals surface area contributed by atoms with Crippen molar-refractivity contribution in [3.63, 3.8) is 0 Å². The molecule has 5 rings (SSSR count). The van der Waals surface area contributed by atoms with Crippen LogP contribution >= 0.6 is 0 Å². The molecule has 1 aromatic heterocycles. The number of benzene rings is 1. The number of carbonyl (C=O) groups is 2. The Morgan fingerprint density at radius 1 is 1.33 bits per heavy atom. The van der Waals surface area contributed by atoms with Crippen molar-refractivity contribution in [2.75, 3.05) is 32.6 Å². The van der Waals surface area contributed by atoms with Crippen LogP contribution in [0.25, 0.3) is 11.1 Å². The second-order valence-electron chi connectivity index (χ2n) is 9.24. The number of nitrogens with zero attached hydrogens (tertiary/aromatic N) is 1. The number of ketones is 1. The average molecular weight is 451 g/mol. The minimum absolute atomic E-state index is 0.0210. The second kappa shape index (κ2) is 8.37. The summed E-state index contributed by atoms with van der Waals surface area (Å²) in [5.74, 6) is 0.0189. The van der Waals surface area contributed by atoms with Crippen LogP contribution in [-0.4, -0.2) is 55.5 Å². The number of nitrogens with one attached hydrogen (secondary N) is 1. The number of methoxy groups -OCH3 is 2. The Kier molecular flexibility index (Phi) is 5.52. The summed E-state index contributed by atoms with van der Waals surface area (Å²) < 4.78 is 15.6. The topological polar surface area (TPSA) is 81.0 Å². The number of furan rings is 1. The summed E-state index contributed by atoms with van der Waals surface area (Å²) in [5.41, 5.74) is 3.24. The van der Waals surface area contributed by atoms with E-state index in [4.69, 9.17) is 13.9 Å². The van der Waals surface area contributed by atoms with Crippen molar-refractivity contribution in [1.82, 2.24) is 4.90 Å². The fraction of sp³-hybridized carbons (Fsp3) is 0.462. The largest absolute Gasteiger partial charge is 0.504 e. The van der Waals surface area contributed by atoms with Crippen molar-refractivity contribution in [2.24, 2.45) is 11.8 Å².